The van der Waals surface area contributed by atoms with Crippen LogP contribution in [0.1, 0.15) is 0 Å². The van der Waals surface area contributed by atoms with Gasteiger partial charge in [0.25, 0.3) is 0 Å². The second kappa shape index (κ2) is 3.38. The topological polar surface area (TPSA) is 28.7 Å². The van der Waals surface area contributed by atoms with Gasteiger partial charge in [0.2, 0.25) is 0 Å². The summed E-state index contributed by atoms with van der Waals surface area (Å²) >= 11 is 0. The second-order valence-electron chi connectivity index (χ2n) is 2.81. The smallest absolute Gasteiger partial charge is 0.195 e. The van der Waals surface area contributed by atoms with Gasteiger partial charge in [-0.25, -0.2) is 17.6 Å². The van der Waals surface area contributed by atoms with E-state index in [1.165, 1.54) is 12.3 Å². The lowest BCUT2D eigenvalue weighted by Crippen LogP contribution is -1.98. The second-order valence-corrected chi connectivity index (χ2v) is 2.81. The lowest BCUT2D eigenvalue weighted by Gasteiger charge is -2.03. The molecule has 0 spiro atoms. The van der Waals surface area contributed by atoms with E-state index in [0.29, 0.717) is 0 Å². The molecular weight excluding hydrogens is 212 g/mol. The fraction of sp³-hybridized carbons (Fsp3) is 0. The third kappa shape index (κ3) is 1.47. The van der Waals surface area contributed by atoms with Crippen LogP contribution in [-0.4, -0.2) is 10.2 Å². The van der Waals surface area contributed by atoms with E-state index in [2.05, 4.69) is 10.2 Å². The standard InChI is InChI=1S/C9H4F4N2/c10-4-3-5(11)8(12)9(13)7(4)6-1-2-14-15-6/h1-3H,(H,14,15). The van der Waals surface area contributed by atoms with E-state index in [4.69, 9.17) is 0 Å². The Hall–Kier alpha value is -1.85. The van der Waals surface area contributed by atoms with Crippen molar-refractivity contribution in [1.29, 1.82) is 0 Å². The van der Waals surface area contributed by atoms with Gasteiger partial charge in [0.1, 0.15) is 5.82 Å². The van der Waals surface area contributed by atoms with Crippen molar-refractivity contribution in [3.63, 3.8) is 0 Å². The van der Waals surface area contributed by atoms with Crippen LogP contribution in [0.4, 0.5) is 17.6 Å². The Morgan fingerprint density at radius 2 is 1.73 bits per heavy atom. The normalized spacial score (nSPS) is 10.7. The molecule has 0 bridgehead atoms. The van der Waals surface area contributed by atoms with Crippen molar-refractivity contribution >= 4 is 0 Å². The maximum atomic E-state index is 13.2. The third-order valence-corrected chi connectivity index (χ3v) is 1.88. The van der Waals surface area contributed by atoms with Crippen molar-refractivity contribution in [1.82, 2.24) is 10.2 Å². The maximum Gasteiger partial charge on any atom is 0.195 e. The molecule has 2 nitrogen and oxygen atoms in total. The molecule has 0 saturated carbocycles. The zero-order chi connectivity index (χ0) is 11.0. The maximum absolute atomic E-state index is 13.2. The van der Waals surface area contributed by atoms with Crippen molar-refractivity contribution in [2.75, 3.05) is 0 Å². The molecule has 0 amide bonds. The molecule has 0 aliphatic heterocycles. The summed E-state index contributed by atoms with van der Waals surface area (Å²) in [5.74, 6) is -6.03. The van der Waals surface area contributed by atoms with E-state index in [0.717, 1.165) is 0 Å². The van der Waals surface area contributed by atoms with Crippen molar-refractivity contribution in [3.8, 4) is 11.3 Å². The van der Waals surface area contributed by atoms with Crippen molar-refractivity contribution < 1.29 is 17.6 Å². The van der Waals surface area contributed by atoms with Gasteiger partial charge >= 0.3 is 0 Å². The average Bonchev–Trinajstić information content (AvgIpc) is 2.68. The number of aromatic amines is 1. The third-order valence-electron chi connectivity index (χ3n) is 1.88. The minimum Gasteiger partial charge on any atom is -0.278 e. The van der Waals surface area contributed by atoms with Crippen LogP contribution in [0.5, 0.6) is 0 Å². The number of benzene rings is 1. The van der Waals surface area contributed by atoms with E-state index in [1.807, 2.05) is 0 Å². The lowest BCUT2D eigenvalue weighted by atomic mass is 10.1. The van der Waals surface area contributed by atoms with Crippen LogP contribution in [0.2, 0.25) is 0 Å². The van der Waals surface area contributed by atoms with Crippen LogP contribution in [0.25, 0.3) is 11.3 Å². The number of rotatable bonds is 1. The summed E-state index contributed by atoms with van der Waals surface area (Å²) in [7, 11) is 0. The van der Waals surface area contributed by atoms with Crippen LogP contribution in [0, 0.1) is 23.3 Å². The molecule has 15 heavy (non-hydrogen) atoms. The Labute approximate surface area is 81.5 Å². The highest BCUT2D eigenvalue weighted by Gasteiger charge is 2.20. The minimum atomic E-state index is -1.71. The van der Waals surface area contributed by atoms with E-state index < -0.39 is 28.8 Å². The van der Waals surface area contributed by atoms with Crippen LogP contribution >= 0.6 is 0 Å². The summed E-state index contributed by atoms with van der Waals surface area (Å²) in [5.41, 5.74) is -0.713. The van der Waals surface area contributed by atoms with Gasteiger partial charge in [-0.15, -0.1) is 0 Å². The monoisotopic (exact) mass is 216 g/mol. The summed E-state index contributed by atoms with van der Waals surface area (Å²) in [6.45, 7) is 0. The van der Waals surface area contributed by atoms with E-state index in [-0.39, 0.29) is 11.8 Å². The molecule has 78 valence electrons. The fourth-order valence-corrected chi connectivity index (χ4v) is 1.21. The van der Waals surface area contributed by atoms with Gasteiger partial charge in [0.05, 0.1) is 11.3 Å². The number of nitrogens with one attached hydrogen (secondary N) is 1. The summed E-state index contributed by atoms with van der Waals surface area (Å²) in [6.07, 6.45) is 1.25. The first kappa shape index (κ1) is 9.70. The number of aromatic nitrogens is 2. The van der Waals surface area contributed by atoms with Crippen molar-refractivity contribution in [2.24, 2.45) is 0 Å². The first-order valence-corrected chi connectivity index (χ1v) is 3.94. The minimum absolute atomic E-state index is 0.0519. The summed E-state index contributed by atoms with van der Waals surface area (Å²) < 4.78 is 51.7. The molecule has 0 radical (unpaired) electrons. The molecule has 6 heteroatoms. The van der Waals surface area contributed by atoms with Crippen LogP contribution in [-0.2, 0) is 0 Å². The Kier molecular flexibility index (Phi) is 2.18. The molecule has 0 saturated heterocycles. The Balaban J connectivity index is 2.72. The van der Waals surface area contributed by atoms with Gasteiger partial charge in [-0.05, 0) is 6.07 Å². The highest BCUT2D eigenvalue weighted by Crippen LogP contribution is 2.27. The molecule has 1 aromatic carbocycles. The van der Waals surface area contributed by atoms with Crippen molar-refractivity contribution in [3.05, 3.63) is 41.6 Å². The molecule has 1 aromatic heterocycles. The quantitative estimate of drug-likeness (QED) is 0.443. The van der Waals surface area contributed by atoms with Gasteiger partial charge < -0.3 is 0 Å². The molecule has 1 N–H and O–H groups in total. The Morgan fingerprint density at radius 3 is 2.33 bits per heavy atom. The predicted octanol–water partition coefficient (Wildman–Crippen LogP) is 2.63. The van der Waals surface area contributed by atoms with Gasteiger partial charge in [0, 0.05) is 12.3 Å². The largest absolute Gasteiger partial charge is 0.278 e. The highest BCUT2D eigenvalue weighted by atomic mass is 19.2. The van der Waals surface area contributed by atoms with Gasteiger partial charge in [-0.2, -0.15) is 5.10 Å². The van der Waals surface area contributed by atoms with E-state index in [1.54, 1.807) is 0 Å². The van der Waals surface area contributed by atoms with Crippen molar-refractivity contribution in [2.45, 2.75) is 0 Å². The zero-order valence-electron chi connectivity index (χ0n) is 7.19. The zero-order valence-corrected chi connectivity index (χ0v) is 7.19. The fourth-order valence-electron chi connectivity index (χ4n) is 1.21. The molecule has 2 aromatic rings. The van der Waals surface area contributed by atoms with Gasteiger partial charge in [0.15, 0.2) is 17.5 Å². The SMILES string of the molecule is Fc1cc(F)c(-c2ccn[nH]2)c(F)c1F. The van der Waals surface area contributed by atoms with E-state index in [9.17, 15) is 17.6 Å². The first-order valence-electron chi connectivity index (χ1n) is 3.94. The number of hydrogen-bond acceptors (Lipinski definition) is 1. The first-order chi connectivity index (χ1) is 7.11. The molecule has 1 heterocycles. The number of nitrogens with zero attached hydrogens (tertiary/aromatic N) is 1. The molecule has 0 aliphatic carbocycles. The summed E-state index contributed by atoms with van der Waals surface area (Å²) in [6, 6.07) is 1.54. The summed E-state index contributed by atoms with van der Waals surface area (Å²) in [5, 5.41) is 5.72. The summed E-state index contributed by atoms with van der Waals surface area (Å²) in [4.78, 5) is 0. The number of hydrogen-bond donors (Lipinski definition) is 1. The number of H-pyrrole nitrogens is 1. The van der Waals surface area contributed by atoms with Crippen LogP contribution in [0.15, 0.2) is 18.3 Å². The lowest BCUT2D eigenvalue weighted by molar-refractivity contribution is 0.437. The van der Waals surface area contributed by atoms with Gasteiger partial charge in [-0.3, -0.25) is 5.10 Å². The van der Waals surface area contributed by atoms with Gasteiger partial charge in [-0.1, -0.05) is 0 Å². The molecule has 0 aliphatic rings. The number of halogens is 4. The average molecular weight is 216 g/mol. The predicted molar refractivity (Wildman–Crippen MR) is 43.9 cm³/mol. The molecule has 0 unspecified atom stereocenters. The Bertz CT molecular complexity index is 493. The molecule has 0 atom stereocenters. The molecule has 0 fully saturated rings. The molecular formula is C9H4F4N2. The van der Waals surface area contributed by atoms with Crippen LogP contribution in [0.3, 0.4) is 0 Å². The van der Waals surface area contributed by atoms with E-state index >= 15 is 0 Å². The molecule has 2 rings (SSSR count). The van der Waals surface area contributed by atoms with Crippen LogP contribution < -0.4 is 0 Å². The highest BCUT2D eigenvalue weighted by molar-refractivity contribution is 5.60. The Morgan fingerprint density at radius 1 is 1.00 bits per heavy atom.